The largest absolute Gasteiger partial charge is 0.507 e. The molecule has 0 fully saturated rings. The molecular weight excluding hydrogens is 767 g/mol. The van der Waals surface area contributed by atoms with E-state index in [0.29, 0.717) is 17.8 Å². The van der Waals surface area contributed by atoms with Crippen molar-refractivity contribution in [3.05, 3.63) is 130 Å². The Morgan fingerprint density at radius 3 is 2.00 bits per heavy atom. The van der Waals surface area contributed by atoms with Gasteiger partial charge in [0, 0.05) is 32.0 Å². The molecule has 1 N–H and O–H groups in total. The number of aromatic nitrogens is 3. The zero-order valence-corrected chi connectivity index (χ0v) is 32.3. The standard InChI is InChI=1S/C23H28N2O.C20H20N.Ir/c1-14(2)18-11-9-12-19(15(3)4)22(18)25-17(6)16(5)24-23(25)20-10-7-8-13-21(20)26;1-13(2)17-6-5-16-7-8-21-20(19(16)12-17)18-10-14(3)9-15(4)11-18;/h7-15,26H,1-6H3;5-10,12-13H,1-4H3;/q;-1;. The van der Waals surface area contributed by atoms with Crippen molar-refractivity contribution in [3.8, 4) is 34.1 Å². The number of phenols is 1. The molecule has 0 unspecified atom stereocenters. The van der Waals surface area contributed by atoms with Gasteiger partial charge in [-0.05, 0) is 83.0 Å². The predicted octanol–water partition coefficient (Wildman–Crippen LogP) is 11.5. The number of aromatic hydroxyl groups is 1. The van der Waals surface area contributed by atoms with Crippen molar-refractivity contribution in [3.63, 3.8) is 0 Å². The molecule has 0 aliphatic rings. The Labute approximate surface area is 300 Å². The average molecular weight is 815 g/mol. The van der Waals surface area contributed by atoms with E-state index >= 15 is 0 Å². The summed E-state index contributed by atoms with van der Waals surface area (Å²) in [5.74, 6) is 2.36. The zero-order chi connectivity index (χ0) is 34.0. The summed E-state index contributed by atoms with van der Waals surface area (Å²) in [7, 11) is 0. The van der Waals surface area contributed by atoms with Crippen LogP contribution in [0.4, 0.5) is 0 Å². The number of phenolic OH excluding ortho intramolecular Hbond substituents is 1. The third-order valence-electron chi connectivity index (χ3n) is 8.92. The van der Waals surface area contributed by atoms with Crippen LogP contribution in [0.5, 0.6) is 5.75 Å². The summed E-state index contributed by atoms with van der Waals surface area (Å²) in [5.41, 5.74) is 12.5. The minimum Gasteiger partial charge on any atom is -0.507 e. The second kappa shape index (κ2) is 15.4. The van der Waals surface area contributed by atoms with Crippen LogP contribution in [0, 0.1) is 33.8 Å². The van der Waals surface area contributed by atoms with E-state index in [1.165, 1.54) is 38.7 Å². The van der Waals surface area contributed by atoms with Crippen LogP contribution in [0.1, 0.15) is 98.5 Å². The van der Waals surface area contributed by atoms with Gasteiger partial charge in [-0.25, -0.2) is 4.98 Å². The van der Waals surface area contributed by atoms with Gasteiger partial charge in [-0.2, -0.15) is 0 Å². The van der Waals surface area contributed by atoms with E-state index in [4.69, 9.17) is 4.98 Å². The first-order valence-electron chi connectivity index (χ1n) is 16.7. The normalized spacial score (nSPS) is 11.2. The molecule has 0 saturated carbocycles. The molecule has 6 aromatic rings. The maximum Gasteiger partial charge on any atom is 0.148 e. The van der Waals surface area contributed by atoms with Gasteiger partial charge in [-0.3, -0.25) is 4.57 Å². The maximum atomic E-state index is 10.4. The number of nitrogens with zero attached hydrogens (tertiary/aromatic N) is 3. The summed E-state index contributed by atoms with van der Waals surface area (Å²) < 4.78 is 2.23. The number of fused-ring (bicyclic) bond motifs is 1. The van der Waals surface area contributed by atoms with Crippen molar-refractivity contribution in [2.75, 3.05) is 0 Å². The molecule has 5 heteroatoms. The summed E-state index contributed by atoms with van der Waals surface area (Å²) in [5, 5.41) is 12.9. The molecule has 0 bridgehead atoms. The topological polar surface area (TPSA) is 50.9 Å². The second-order valence-corrected chi connectivity index (χ2v) is 13.6. The number of aryl methyl sites for hydroxylation is 3. The summed E-state index contributed by atoms with van der Waals surface area (Å²) in [4.78, 5) is 9.45. The first kappa shape index (κ1) is 36.8. The monoisotopic (exact) mass is 815 g/mol. The van der Waals surface area contributed by atoms with Gasteiger partial charge in [0.2, 0.25) is 0 Å². The number of para-hydroxylation sites is 2. The Balaban J connectivity index is 0.000000217. The van der Waals surface area contributed by atoms with Crippen LogP contribution < -0.4 is 0 Å². The number of benzene rings is 4. The maximum absolute atomic E-state index is 10.4. The summed E-state index contributed by atoms with van der Waals surface area (Å²) >= 11 is 0. The molecule has 0 spiro atoms. The van der Waals surface area contributed by atoms with Crippen LogP contribution in [-0.2, 0) is 20.1 Å². The van der Waals surface area contributed by atoms with Gasteiger partial charge in [0.15, 0.2) is 0 Å². The van der Waals surface area contributed by atoms with Gasteiger partial charge in [-0.1, -0.05) is 104 Å². The predicted molar refractivity (Wildman–Crippen MR) is 198 cm³/mol. The SMILES string of the molecule is Cc1[c-]c(-c2nccc3ccc(C(C)C)cc23)cc(C)c1.Cc1nc(-c2ccccc2O)n(-c2c(C(C)C)cccc2C(C)C)c1C.[Ir]. The number of hydrogen-bond donors (Lipinski definition) is 1. The minimum atomic E-state index is 0. The van der Waals surface area contributed by atoms with Gasteiger partial charge in [0.1, 0.15) is 11.6 Å². The molecule has 1 radical (unpaired) electrons. The number of rotatable bonds is 6. The molecule has 0 saturated heterocycles. The molecule has 2 heterocycles. The number of imidazole rings is 1. The molecule has 0 aliphatic carbocycles. The fraction of sp³-hybridized carbons (Fsp3) is 0.302. The molecule has 0 aliphatic heterocycles. The quantitative estimate of drug-likeness (QED) is 0.170. The molecule has 4 aromatic carbocycles. The van der Waals surface area contributed by atoms with Crippen LogP contribution in [0.15, 0.2) is 85.1 Å². The van der Waals surface area contributed by atoms with Crippen LogP contribution in [0.25, 0.3) is 39.1 Å². The van der Waals surface area contributed by atoms with E-state index in [1.807, 2.05) is 31.3 Å². The molecular formula is C43H48IrN3O-. The number of hydrogen-bond acceptors (Lipinski definition) is 3. The van der Waals surface area contributed by atoms with Crippen molar-refractivity contribution in [1.82, 2.24) is 14.5 Å². The first-order chi connectivity index (χ1) is 22.4. The molecule has 2 aromatic heterocycles. The summed E-state index contributed by atoms with van der Waals surface area (Å²) in [6.45, 7) is 21.7. The van der Waals surface area contributed by atoms with Crippen molar-refractivity contribution in [2.24, 2.45) is 0 Å². The Bertz CT molecular complexity index is 1990. The Morgan fingerprint density at radius 1 is 0.729 bits per heavy atom. The zero-order valence-electron chi connectivity index (χ0n) is 29.9. The van der Waals surface area contributed by atoms with E-state index in [9.17, 15) is 5.11 Å². The fourth-order valence-electron chi connectivity index (χ4n) is 6.28. The van der Waals surface area contributed by atoms with E-state index in [2.05, 4.69) is 133 Å². The molecule has 0 atom stereocenters. The van der Waals surface area contributed by atoms with Crippen LogP contribution in [0.2, 0.25) is 0 Å². The van der Waals surface area contributed by atoms with E-state index in [1.54, 1.807) is 6.07 Å². The molecule has 6 rings (SSSR count). The van der Waals surface area contributed by atoms with Crippen molar-refractivity contribution in [2.45, 2.75) is 87.0 Å². The second-order valence-electron chi connectivity index (χ2n) is 13.6. The van der Waals surface area contributed by atoms with Gasteiger partial charge in [0.05, 0.1) is 16.9 Å². The average Bonchev–Trinajstić information content (AvgIpc) is 3.32. The van der Waals surface area contributed by atoms with Crippen LogP contribution in [-0.4, -0.2) is 19.6 Å². The Morgan fingerprint density at radius 2 is 1.40 bits per heavy atom. The van der Waals surface area contributed by atoms with Crippen LogP contribution in [0.3, 0.4) is 0 Å². The van der Waals surface area contributed by atoms with Gasteiger partial charge >= 0.3 is 0 Å². The third kappa shape index (κ3) is 7.64. The molecule has 4 nitrogen and oxygen atoms in total. The smallest absolute Gasteiger partial charge is 0.148 e. The van der Waals surface area contributed by atoms with E-state index in [0.717, 1.165) is 39.6 Å². The minimum absolute atomic E-state index is 0. The van der Waals surface area contributed by atoms with Gasteiger partial charge < -0.3 is 10.1 Å². The summed E-state index contributed by atoms with van der Waals surface area (Å²) in [6.07, 6.45) is 1.89. The van der Waals surface area contributed by atoms with Gasteiger partial charge in [-0.15, -0.1) is 34.9 Å². The molecule has 48 heavy (non-hydrogen) atoms. The molecule has 251 valence electrons. The first-order valence-corrected chi connectivity index (χ1v) is 16.7. The van der Waals surface area contributed by atoms with E-state index < -0.39 is 0 Å². The molecule has 0 amide bonds. The Kier molecular flexibility index (Phi) is 11.8. The van der Waals surface area contributed by atoms with Gasteiger partial charge in [0.25, 0.3) is 0 Å². The van der Waals surface area contributed by atoms with Crippen molar-refractivity contribution in [1.29, 1.82) is 0 Å². The summed E-state index contributed by atoms with van der Waals surface area (Å²) in [6, 6.07) is 30.5. The van der Waals surface area contributed by atoms with Crippen molar-refractivity contribution < 1.29 is 25.2 Å². The third-order valence-corrected chi connectivity index (χ3v) is 8.92. The van der Waals surface area contributed by atoms with Crippen molar-refractivity contribution >= 4 is 10.8 Å². The fourth-order valence-corrected chi connectivity index (χ4v) is 6.28. The van der Waals surface area contributed by atoms with Crippen LogP contribution >= 0.6 is 0 Å². The number of pyridine rings is 1. The Hall–Kier alpha value is -4.05. The van der Waals surface area contributed by atoms with E-state index in [-0.39, 0.29) is 25.9 Å².